The molecule has 0 saturated carbocycles. The Balaban J connectivity index is 1.93. The summed E-state index contributed by atoms with van der Waals surface area (Å²) in [6, 6.07) is 1.88. The van der Waals surface area contributed by atoms with Gasteiger partial charge in [-0.15, -0.1) is 0 Å². The maximum Gasteiger partial charge on any atom is 0.410 e. The largest absolute Gasteiger partial charge is 0.457 e. The van der Waals surface area contributed by atoms with Crippen LogP contribution >= 0.6 is 15.9 Å². The molecule has 2 atom stereocenters. The van der Waals surface area contributed by atoms with Gasteiger partial charge >= 0.3 is 6.09 Å². The van der Waals surface area contributed by atoms with E-state index >= 15 is 0 Å². The number of ether oxygens (including phenoxy) is 1. The summed E-state index contributed by atoms with van der Waals surface area (Å²) in [6.45, 7) is 6.31. The maximum absolute atomic E-state index is 12.0. The Bertz CT molecular complexity index is 480. The Labute approximate surface area is 127 Å². The number of aliphatic hydroxyl groups is 1. The summed E-state index contributed by atoms with van der Waals surface area (Å²) in [5.74, 6) is 0.00650. The van der Waals surface area contributed by atoms with Crippen molar-refractivity contribution in [1.82, 2.24) is 4.90 Å². The first-order valence-electron chi connectivity index (χ1n) is 6.63. The molecule has 1 amide bonds. The number of amides is 1. The van der Waals surface area contributed by atoms with E-state index in [4.69, 9.17) is 9.15 Å². The van der Waals surface area contributed by atoms with Crippen LogP contribution in [0, 0.1) is 5.92 Å². The van der Waals surface area contributed by atoms with Crippen molar-refractivity contribution in [2.24, 2.45) is 5.92 Å². The van der Waals surface area contributed by atoms with Crippen LogP contribution in [0.1, 0.15) is 26.3 Å². The van der Waals surface area contributed by atoms with Crippen molar-refractivity contribution in [2.45, 2.75) is 38.9 Å². The third-order valence-electron chi connectivity index (χ3n) is 3.18. The lowest BCUT2D eigenvalue weighted by molar-refractivity contribution is 0.0270. The molecule has 2 rings (SSSR count). The minimum absolute atomic E-state index is 0.00650. The lowest BCUT2D eigenvalue weighted by Crippen LogP contribution is -2.35. The first-order valence-corrected chi connectivity index (χ1v) is 7.43. The van der Waals surface area contributed by atoms with Gasteiger partial charge in [-0.1, -0.05) is 0 Å². The number of β-amino-alcohol motifs (C(OH)–C–C–N with tert-alkyl or cyclic N) is 1. The van der Waals surface area contributed by atoms with Crippen LogP contribution in [0.3, 0.4) is 0 Å². The van der Waals surface area contributed by atoms with Crippen LogP contribution in [0.5, 0.6) is 0 Å². The Kier molecular flexibility index (Phi) is 4.44. The normalized spacial score (nSPS) is 23.1. The molecule has 1 aromatic heterocycles. The highest BCUT2D eigenvalue weighted by Gasteiger charge is 2.36. The van der Waals surface area contributed by atoms with Gasteiger partial charge in [0, 0.05) is 12.5 Å². The van der Waals surface area contributed by atoms with Gasteiger partial charge in [0.1, 0.15) is 5.60 Å². The number of likely N-dealkylation sites (tertiary alicyclic amines) is 1. The lowest BCUT2D eigenvalue weighted by Gasteiger charge is -2.24. The third-order valence-corrected chi connectivity index (χ3v) is 3.59. The van der Waals surface area contributed by atoms with E-state index < -0.39 is 11.7 Å². The number of hydrogen-bond donors (Lipinski definition) is 1. The van der Waals surface area contributed by atoms with Crippen LogP contribution in [0.25, 0.3) is 0 Å². The number of furan rings is 1. The molecular weight excluding hydrogens is 326 g/mol. The lowest BCUT2D eigenvalue weighted by atomic mass is 9.98. The molecule has 0 radical (unpaired) electrons. The molecule has 5 nitrogen and oxygen atoms in total. The molecule has 6 heteroatoms. The van der Waals surface area contributed by atoms with Crippen LogP contribution in [-0.2, 0) is 11.2 Å². The van der Waals surface area contributed by atoms with Crippen molar-refractivity contribution < 1.29 is 19.1 Å². The van der Waals surface area contributed by atoms with E-state index in [9.17, 15) is 9.90 Å². The first-order chi connectivity index (χ1) is 9.24. The molecule has 0 bridgehead atoms. The van der Waals surface area contributed by atoms with Crippen molar-refractivity contribution in [2.75, 3.05) is 13.1 Å². The number of rotatable bonds is 2. The molecule has 112 valence electrons. The molecule has 20 heavy (non-hydrogen) atoms. The average Bonchev–Trinajstić information content (AvgIpc) is 2.85. The summed E-state index contributed by atoms with van der Waals surface area (Å²) in [4.78, 5) is 13.5. The fraction of sp³-hybridized carbons (Fsp3) is 0.643. The standard InChI is InChI=1S/C14H20BrNO4/c1-14(2,3)20-13(18)16-6-10(11(17)7-16)4-9-5-12(15)19-8-9/h5,8,10-11,17H,4,6-7H2,1-3H3. The van der Waals surface area contributed by atoms with E-state index in [2.05, 4.69) is 15.9 Å². The smallest absolute Gasteiger partial charge is 0.410 e. The molecule has 0 spiro atoms. The van der Waals surface area contributed by atoms with Gasteiger partial charge in [0.2, 0.25) is 0 Å². The molecule has 2 unspecified atom stereocenters. The van der Waals surface area contributed by atoms with E-state index in [0.717, 1.165) is 5.56 Å². The highest BCUT2D eigenvalue weighted by Crippen LogP contribution is 2.25. The summed E-state index contributed by atoms with van der Waals surface area (Å²) >= 11 is 3.25. The van der Waals surface area contributed by atoms with Crippen molar-refractivity contribution in [3.8, 4) is 0 Å². The van der Waals surface area contributed by atoms with Crippen LogP contribution in [0.15, 0.2) is 21.4 Å². The SMILES string of the molecule is CC(C)(C)OC(=O)N1CC(O)C(Cc2coc(Br)c2)C1. The van der Waals surface area contributed by atoms with E-state index in [1.807, 2.05) is 26.8 Å². The molecule has 1 aliphatic heterocycles. The molecule has 2 heterocycles. The van der Waals surface area contributed by atoms with Crippen molar-refractivity contribution in [1.29, 1.82) is 0 Å². The summed E-state index contributed by atoms with van der Waals surface area (Å²) in [5.41, 5.74) is 0.488. The van der Waals surface area contributed by atoms with E-state index in [-0.39, 0.29) is 12.0 Å². The Morgan fingerprint density at radius 1 is 1.55 bits per heavy atom. The van der Waals surface area contributed by atoms with Gasteiger partial charge in [-0.05, 0) is 54.8 Å². The predicted molar refractivity (Wildman–Crippen MR) is 77.4 cm³/mol. The minimum atomic E-state index is -0.531. The molecule has 0 aliphatic carbocycles. The quantitative estimate of drug-likeness (QED) is 0.895. The maximum atomic E-state index is 12.0. The van der Waals surface area contributed by atoms with Crippen molar-refractivity contribution in [3.63, 3.8) is 0 Å². The Morgan fingerprint density at radius 2 is 2.25 bits per heavy atom. The number of carbonyl (C=O) groups excluding carboxylic acids is 1. The molecule has 1 saturated heterocycles. The molecule has 1 fully saturated rings. The number of hydrogen-bond acceptors (Lipinski definition) is 4. The topological polar surface area (TPSA) is 62.9 Å². The monoisotopic (exact) mass is 345 g/mol. The third kappa shape index (κ3) is 3.99. The highest BCUT2D eigenvalue weighted by molar-refractivity contribution is 9.10. The minimum Gasteiger partial charge on any atom is -0.457 e. The fourth-order valence-electron chi connectivity index (χ4n) is 2.29. The van der Waals surface area contributed by atoms with Crippen LogP contribution < -0.4 is 0 Å². The van der Waals surface area contributed by atoms with Gasteiger partial charge in [0.15, 0.2) is 4.67 Å². The molecule has 1 aliphatic rings. The van der Waals surface area contributed by atoms with Gasteiger partial charge in [0.05, 0.1) is 18.9 Å². The zero-order valence-corrected chi connectivity index (χ0v) is 13.5. The summed E-state index contributed by atoms with van der Waals surface area (Å²) in [5, 5.41) is 10.1. The van der Waals surface area contributed by atoms with Crippen molar-refractivity contribution in [3.05, 3.63) is 22.6 Å². The fourth-order valence-corrected chi connectivity index (χ4v) is 2.67. The van der Waals surface area contributed by atoms with Gasteiger partial charge in [-0.25, -0.2) is 4.79 Å². The number of aliphatic hydroxyl groups excluding tert-OH is 1. The molecule has 1 aromatic rings. The molecule has 0 aromatic carbocycles. The zero-order valence-electron chi connectivity index (χ0n) is 11.9. The van der Waals surface area contributed by atoms with E-state index in [0.29, 0.717) is 24.2 Å². The van der Waals surface area contributed by atoms with Gasteiger partial charge < -0.3 is 19.2 Å². The average molecular weight is 346 g/mol. The van der Waals surface area contributed by atoms with E-state index in [1.165, 1.54) is 0 Å². The van der Waals surface area contributed by atoms with Crippen molar-refractivity contribution >= 4 is 22.0 Å². The molecule has 1 N–H and O–H groups in total. The second-order valence-electron chi connectivity index (χ2n) is 6.18. The summed E-state index contributed by atoms with van der Waals surface area (Å²) in [6.07, 6.45) is 1.44. The summed E-state index contributed by atoms with van der Waals surface area (Å²) < 4.78 is 11.2. The predicted octanol–water partition coefficient (Wildman–Crippen LogP) is 2.81. The van der Waals surface area contributed by atoms with E-state index in [1.54, 1.807) is 11.2 Å². The Hall–Kier alpha value is -1.01. The van der Waals surface area contributed by atoms with Crippen LogP contribution in [-0.4, -0.2) is 40.9 Å². The second kappa shape index (κ2) is 5.77. The van der Waals surface area contributed by atoms with Gasteiger partial charge in [-0.3, -0.25) is 0 Å². The first kappa shape index (κ1) is 15.4. The number of halogens is 1. The second-order valence-corrected chi connectivity index (χ2v) is 6.96. The molecular formula is C14H20BrNO4. The van der Waals surface area contributed by atoms with Gasteiger partial charge in [-0.2, -0.15) is 0 Å². The number of carbonyl (C=O) groups is 1. The zero-order chi connectivity index (χ0) is 14.9. The number of nitrogens with zero attached hydrogens (tertiary/aromatic N) is 1. The van der Waals surface area contributed by atoms with Gasteiger partial charge in [0.25, 0.3) is 0 Å². The van der Waals surface area contributed by atoms with Crippen LogP contribution in [0.2, 0.25) is 0 Å². The Morgan fingerprint density at radius 3 is 2.80 bits per heavy atom. The van der Waals surface area contributed by atoms with Crippen LogP contribution in [0.4, 0.5) is 4.79 Å². The summed E-state index contributed by atoms with van der Waals surface area (Å²) in [7, 11) is 0. The highest BCUT2D eigenvalue weighted by atomic mass is 79.9.